The Labute approximate surface area is 158 Å². The van der Waals surface area contributed by atoms with E-state index in [9.17, 15) is 19.7 Å². The lowest BCUT2D eigenvalue weighted by atomic mass is 10.1. The number of nitro groups is 1. The minimum Gasteiger partial charge on any atom is -0.493 e. The van der Waals surface area contributed by atoms with Gasteiger partial charge in [-0.3, -0.25) is 14.9 Å². The molecule has 0 aliphatic heterocycles. The highest BCUT2D eigenvalue weighted by Gasteiger charge is 2.26. The van der Waals surface area contributed by atoms with Gasteiger partial charge in [0.05, 0.1) is 25.2 Å². The summed E-state index contributed by atoms with van der Waals surface area (Å²) in [6.45, 7) is -0.642. The smallest absolute Gasteiger partial charge is 0.345 e. The molecule has 2 aromatic carbocycles. The van der Waals surface area contributed by atoms with Crippen LogP contribution in [0, 0.1) is 10.1 Å². The van der Waals surface area contributed by atoms with Crippen molar-refractivity contribution in [2.24, 2.45) is 0 Å². The number of ether oxygens (including phenoxy) is 3. The molecule has 0 aliphatic carbocycles. The van der Waals surface area contributed by atoms with Gasteiger partial charge in [0.1, 0.15) is 5.56 Å². The lowest BCUT2D eigenvalue weighted by Gasteiger charge is -2.10. The fourth-order valence-corrected chi connectivity index (χ4v) is 2.35. The van der Waals surface area contributed by atoms with E-state index in [1.54, 1.807) is 18.2 Å². The summed E-state index contributed by atoms with van der Waals surface area (Å²) in [4.78, 5) is 34.6. The second-order valence-electron chi connectivity index (χ2n) is 5.12. The largest absolute Gasteiger partial charge is 0.493 e. The van der Waals surface area contributed by atoms with Crippen LogP contribution in [0.4, 0.5) is 11.4 Å². The zero-order valence-corrected chi connectivity index (χ0v) is 15.1. The Balaban J connectivity index is 2.12. The molecule has 27 heavy (non-hydrogen) atoms. The summed E-state index contributed by atoms with van der Waals surface area (Å²) in [5.74, 6) is -1.49. The molecule has 0 bridgehead atoms. The minimum atomic E-state index is -1.05. The molecule has 0 radical (unpaired) electrons. The Morgan fingerprint density at radius 2 is 1.81 bits per heavy atom. The van der Waals surface area contributed by atoms with E-state index in [1.165, 1.54) is 20.3 Å². The third kappa shape index (κ3) is 5.08. The van der Waals surface area contributed by atoms with Gasteiger partial charge in [0, 0.05) is 16.8 Å². The fourth-order valence-electron chi connectivity index (χ4n) is 2.15. The van der Waals surface area contributed by atoms with Crippen molar-refractivity contribution in [1.29, 1.82) is 0 Å². The van der Waals surface area contributed by atoms with Crippen molar-refractivity contribution in [3.63, 3.8) is 0 Å². The van der Waals surface area contributed by atoms with E-state index in [-0.39, 0.29) is 17.1 Å². The molecule has 0 fully saturated rings. The average Bonchev–Trinajstić information content (AvgIpc) is 2.64. The molecule has 0 aromatic heterocycles. The van der Waals surface area contributed by atoms with Crippen LogP contribution in [-0.2, 0) is 9.53 Å². The first-order chi connectivity index (χ1) is 12.8. The van der Waals surface area contributed by atoms with Gasteiger partial charge in [-0.2, -0.15) is 0 Å². The van der Waals surface area contributed by atoms with E-state index >= 15 is 0 Å². The molecule has 0 spiro atoms. The third-order valence-electron chi connectivity index (χ3n) is 3.36. The van der Waals surface area contributed by atoms with Gasteiger partial charge in [0.2, 0.25) is 0 Å². The van der Waals surface area contributed by atoms with Crippen LogP contribution in [0.15, 0.2) is 36.4 Å². The number of halogens is 1. The van der Waals surface area contributed by atoms with Gasteiger partial charge >= 0.3 is 5.97 Å². The van der Waals surface area contributed by atoms with Crippen molar-refractivity contribution < 1.29 is 28.7 Å². The third-order valence-corrected chi connectivity index (χ3v) is 3.60. The summed E-state index contributed by atoms with van der Waals surface area (Å²) in [5.41, 5.74) is -0.484. The zero-order valence-electron chi connectivity index (χ0n) is 14.4. The van der Waals surface area contributed by atoms with Crippen molar-refractivity contribution in [1.82, 2.24) is 0 Å². The first-order valence-electron chi connectivity index (χ1n) is 7.48. The second kappa shape index (κ2) is 8.86. The molecule has 1 N–H and O–H groups in total. The maximum atomic E-state index is 12.2. The molecule has 0 saturated carbocycles. The monoisotopic (exact) mass is 394 g/mol. The number of nitrogens with zero attached hydrogens (tertiary/aromatic N) is 1. The maximum Gasteiger partial charge on any atom is 0.345 e. The topological polar surface area (TPSA) is 117 Å². The lowest BCUT2D eigenvalue weighted by Crippen LogP contribution is -2.21. The molecule has 142 valence electrons. The Kier molecular flexibility index (Phi) is 6.56. The molecule has 0 atom stereocenters. The number of amides is 1. The summed E-state index contributed by atoms with van der Waals surface area (Å²) in [6, 6.07) is 8.55. The van der Waals surface area contributed by atoms with Gasteiger partial charge in [-0.25, -0.2) is 4.79 Å². The Bertz CT molecular complexity index is 886. The SMILES string of the molecule is COc1cc(C(=O)OCC(=O)Nc2cccc(Cl)c2)c([N+](=O)[O-])cc1OC. The Morgan fingerprint density at radius 1 is 1.15 bits per heavy atom. The standard InChI is InChI=1S/C17H15ClN2O7/c1-25-14-7-12(13(20(23)24)8-15(14)26-2)17(22)27-9-16(21)19-11-5-3-4-10(18)6-11/h3-8H,9H2,1-2H3,(H,19,21). The van der Waals surface area contributed by atoms with Gasteiger partial charge < -0.3 is 19.5 Å². The number of nitro benzene ring substituents is 1. The number of esters is 1. The predicted molar refractivity (Wildman–Crippen MR) is 96.6 cm³/mol. The van der Waals surface area contributed by atoms with Crippen LogP contribution in [0.25, 0.3) is 0 Å². The van der Waals surface area contributed by atoms with E-state index in [0.717, 1.165) is 12.1 Å². The van der Waals surface area contributed by atoms with Crippen molar-refractivity contribution in [2.45, 2.75) is 0 Å². The van der Waals surface area contributed by atoms with E-state index in [2.05, 4.69) is 5.32 Å². The van der Waals surface area contributed by atoms with Crippen LogP contribution < -0.4 is 14.8 Å². The molecule has 1 amide bonds. The van der Waals surface area contributed by atoms with Gasteiger partial charge in [-0.15, -0.1) is 0 Å². The number of benzene rings is 2. The van der Waals surface area contributed by atoms with Crippen LogP contribution in [0.5, 0.6) is 11.5 Å². The van der Waals surface area contributed by atoms with Gasteiger partial charge in [-0.1, -0.05) is 17.7 Å². The van der Waals surface area contributed by atoms with E-state index < -0.39 is 29.1 Å². The number of carbonyl (C=O) groups is 2. The van der Waals surface area contributed by atoms with E-state index in [0.29, 0.717) is 10.7 Å². The Morgan fingerprint density at radius 3 is 2.41 bits per heavy atom. The second-order valence-corrected chi connectivity index (χ2v) is 5.55. The normalized spacial score (nSPS) is 10.0. The van der Waals surface area contributed by atoms with Crippen molar-refractivity contribution in [2.75, 3.05) is 26.1 Å². The Hall–Kier alpha value is -3.33. The maximum absolute atomic E-state index is 12.2. The molecule has 2 aromatic rings. The van der Waals surface area contributed by atoms with Crippen LogP contribution in [-0.4, -0.2) is 37.6 Å². The quantitative estimate of drug-likeness (QED) is 0.435. The highest BCUT2D eigenvalue weighted by Crippen LogP contribution is 2.34. The molecule has 10 heteroatoms. The summed E-state index contributed by atoms with van der Waals surface area (Å²) >= 11 is 5.81. The molecule has 2 rings (SSSR count). The summed E-state index contributed by atoms with van der Waals surface area (Å²) in [5, 5.41) is 14.1. The van der Waals surface area contributed by atoms with Crippen molar-refractivity contribution >= 4 is 34.9 Å². The van der Waals surface area contributed by atoms with Crippen molar-refractivity contribution in [3.05, 3.63) is 57.1 Å². The molecule has 0 aliphatic rings. The molecular weight excluding hydrogens is 380 g/mol. The number of methoxy groups -OCH3 is 2. The predicted octanol–water partition coefficient (Wildman–Crippen LogP) is 3.06. The highest BCUT2D eigenvalue weighted by molar-refractivity contribution is 6.30. The number of nitrogens with one attached hydrogen (secondary N) is 1. The van der Waals surface area contributed by atoms with E-state index in [1.807, 2.05) is 0 Å². The van der Waals surface area contributed by atoms with Crippen LogP contribution >= 0.6 is 11.6 Å². The zero-order chi connectivity index (χ0) is 20.0. The minimum absolute atomic E-state index is 0.0828. The fraction of sp³-hybridized carbons (Fsp3) is 0.176. The lowest BCUT2D eigenvalue weighted by molar-refractivity contribution is -0.385. The summed E-state index contributed by atoms with van der Waals surface area (Å²) < 4.78 is 14.9. The number of anilines is 1. The molecule has 0 heterocycles. The summed E-state index contributed by atoms with van der Waals surface area (Å²) in [6.07, 6.45) is 0. The van der Waals surface area contributed by atoms with Crippen LogP contribution in [0.2, 0.25) is 5.02 Å². The highest BCUT2D eigenvalue weighted by atomic mass is 35.5. The first kappa shape index (κ1) is 20.0. The molecule has 0 unspecified atom stereocenters. The number of rotatable bonds is 7. The van der Waals surface area contributed by atoms with Gasteiger partial charge in [-0.05, 0) is 18.2 Å². The van der Waals surface area contributed by atoms with Crippen molar-refractivity contribution in [3.8, 4) is 11.5 Å². The van der Waals surface area contributed by atoms with Crippen LogP contribution in [0.1, 0.15) is 10.4 Å². The number of carbonyl (C=O) groups excluding carboxylic acids is 2. The van der Waals surface area contributed by atoms with Gasteiger partial charge in [0.25, 0.3) is 11.6 Å². The molecular formula is C17H15ClN2O7. The molecule has 0 saturated heterocycles. The number of hydrogen-bond acceptors (Lipinski definition) is 7. The molecule has 9 nitrogen and oxygen atoms in total. The van der Waals surface area contributed by atoms with E-state index in [4.69, 9.17) is 25.8 Å². The van der Waals surface area contributed by atoms with Gasteiger partial charge in [0.15, 0.2) is 18.1 Å². The summed E-state index contributed by atoms with van der Waals surface area (Å²) in [7, 11) is 2.62. The first-order valence-corrected chi connectivity index (χ1v) is 7.86. The number of hydrogen-bond donors (Lipinski definition) is 1. The van der Waals surface area contributed by atoms with Crippen LogP contribution in [0.3, 0.4) is 0 Å². The average molecular weight is 395 g/mol.